The molecular formula is C18H14ClFN2OS2. The minimum absolute atomic E-state index is 0.0820. The van der Waals surface area contributed by atoms with E-state index in [1.165, 1.54) is 23.5 Å². The molecule has 0 fully saturated rings. The first kappa shape index (κ1) is 17.9. The topological polar surface area (TPSA) is 42.0 Å². The molecular weight excluding hydrogens is 379 g/mol. The fraction of sp³-hybridized carbons (Fsp3) is 0.111. The number of aromatic nitrogens is 1. The maximum atomic E-state index is 13.0. The molecule has 0 bridgehead atoms. The van der Waals surface area contributed by atoms with Gasteiger partial charge in [-0.15, -0.1) is 23.1 Å². The van der Waals surface area contributed by atoms with Crippen molar-refractivity contribution in [2.75, 3.05) is 11.1 Å². The van der Waals surface area contributed by atoms with Gasteiger partial charge in [-0.25, -0.2) is 9.37 Å². The number of nitrogens with one attached hydrogen (secondary N) is 1. The van der Waals surface area contributed by atoms with Crippen molar-refractivity contribution in [3.05, 3.63) is 64.8 Å². The highest BCUT2D eigenvalue weighted by Crippen LogP contribution is 2.25. The third-order valence-electron chi connectivity index (χ3n) is 3.30. The van der Waals surface area contributed by atoms with Crippen molar-refractivity contribution in [2.24, 2.45) is 0 Å². The van der Waals surface area contributed by atoms with Crippen LogP contribution in [0.15, 0.2) is 58.8 Å². The standard InChI is InChI=1S/C18H14ClFN2OS2/c19-13-3-7-15(8-4-13)24-10-9-17(23)22-18-21-16(11-25-18)12-1-5-14(20)6-2-12/h1-8,11H,9-10H2,(H,21,22,23). The Morgan fingerprint density at radius 3 is 2.60 bits per heavy atom. The van der Waals surface area contributed by atoms with Crippen molar-refractivity contribution in [3.63, 3.8) is 0 Å². The van der Waals surface area contributed by atoms with Crippen LogP contribution in [0, 0.1) is 5.82 Å². The number of hydrogen-bond acceptors (Lipinski definition) is 4. The summed E-state index contributed by atoms with van der Waals surface area (Å²) in [4.78, 5) is 17.5. The summed E-state index contributed by atoms with van der Waals surface area (Å²) < 4.78 is 13.0. The van der Waals surface area contributed by atoms with E-state index in [1.54, 1.807) is 23.9 Å². The number of thioether (sulfide) groups is 1. The molecule has 0 saturated carbocycles. The Balaban J connectivity index is 1.49. The predicted molar refractivity (Wildman–Crippen MR) is 103 cm³/mol. The van der Waals surface area contributed by atoms with Gasteiger partial charge in [-0.3, -0.25) is 4.79 Å². The second kappa shape index (κ2) is 8.47. The van der Waals surface area contributed by atoms with Crippen molar-refractivity contribution >= 4 is 45.7 Å². The van der Waals surface area contributed by atoms with Crippen LogP contribution in [0.5, 0.6) is 0 Å². The van der Waals surface area contributed by atoms with Crippen molar-refractivity contribution in [3.8, 4) is 11.3 Å². The molecule has 1 aromatic heterocycles. The molecule has 0 saturated heterocycles. The number of rotatable bonds is 6. The smallest absolute Gasteiger partial charge is 0.226 e. The zero-order valence-corrected chi connectivity index (χ0v) is 15.4. The first-order valence-electron chi connectivity index (χ1n) is 7.50. The summed E-state index contributed by atoms with van der Waals surface area (Å²) in [7, 11) is 0. The molecule has 0 atom stereocenters. The first-order chi connectivity index (χ1) is 12.1. The highest BCUT2D eigenvalue weighted by Gasteiger charge is 2.08. The minimum Gasteiger partial charge on any atom is -0.302 e. The molecule has 0 aliphatic carbocycles. The summed E-state index contributed by atoms with van der Waals surface area (Å²) in [6.45, 7) is 0. The van der Waals surface area contributed by atoms with Crippen LogP contribution in [0.4, 0.5) is 9.52 Å². The average molecular weight is 393 g/mol. The summed E-state index contributed by atoms with van der Waals surface area (Å²) in [5, 5.41) is 5.88. The maximum Gasteiger partial charge on any atom is 0.226 e. The number of carbonyl (C=O) groups is 1. The zero-order chi connectivity index (χ0) is 17.6. The van der Waals surface area contributed by atoms with Crippen LogP contribution in [0.25, 0.3) is 11.3 Å². The Morgan fingerprint density at radius 1 is 1.16 bits per heavy atom. The fourth-order valence-corrected chi connectivity index (χ4v) is 3.77. The molecule has 0 radical (unpaired) electrons. The Labute approximate surface area is 158 Å². The molecule has 3 aromatic rings. The van der Waals surface area contributed by atoms with Gasteiger partial charge in [0.2, 0.25) is 5.91 Å². The molecule has 128 valence electrons. The van der Waals surface area contributed by atoms with Gasteiger partial charge in [-0.1, -0.05) is 11.6 Å². The van der Waals surface area contributed by atoms with Crippen LogP contribution in [0.2, 0.25) is 5.02 Å². The van der Waals surface area contributed by atoms with Crippen molar-refractivity contribution in [2.45, 2.75) is 11.3 Å². The lowest BCUT2D eigenvalue weighted by Crippen LogP contribution is -2.11. The first-order valence-corrected chi connectivity index (χ1v) is 9.74. The van der Waals surface area contributed by atoms with Gasteiger partial charge in [0, 0.05) is 33.0 Å². The summed E-state index contributed by atoms with van der Waals surface area (Å²) in [6, 6.07) is 13.6. The van der Waals surface area contributed by atoms with Crippen LogP contribution in [-0.2, 0) is 4.79 Å². The molecule has 0 aliphatic heterocycles. The van der Waals surface area contributed by atoms with Crippen LogP contribution in [-0.4, -0.2) is 16.6 Å². The molecule has 25 heavy (non-hydrogen) atoms. The van der Waals surface area contributed by atoms with Crippen molar-refractivity contribution in [1.82, 2.24) is 4.98 Å². The van der Waals surface area contributed by atoms with Gasteiger partial charge in [0.15, 0.2) is 5.13 Å². The van der Waals surface area contributed by atoms with Gasteiger partial charge in [-0.05, 0) is 48.5 Å². The number of benzene rings is 2. The summed E-state index contributed by atoms with van der Waals surface area (Å²) in [5.74, 6) is 0.302. The number of hydrogen-bond donors (Lipinski definition) is 1. The maximum absolute atomic E-state index is 13.0. The Morgan fingerprint density at radius 2 is 1.88 bits per heavy atom. The van der Waals surface area contributed by atoms with Crippen LogP contribution in [0.1, 0.15) is 6.42 Å². The third kappa shape index (κ3) is 5.29. The molecule has 0 spiro atoms. The average Bonchev–Trinajstić information content (AvgIpc) is 3.06. The van der Waals surface area contributed by atoms with E-state index in [4.69, 9.17) is 11.6 Å². The third-order valence-corrected chi connectivity index (χ3v) is 5.33. The second-order valence-electron chi connectivity index (χ2n) is 5.15. The van der Waals surface area contributed by atoms with Crippen LogP contribution in [0.3, 0.4) is 0 Å². The Kier molecular flexibility index (Phi) is 6.07. The number of anilines is 1. The van der Waals surface area contributed by atoms with E-state index in [1.807, 2.05) is 29.6 Å². The van der Waals surface area contributed by atoms with Gasteiger partial charge in [0.1, 0.15) is 5.82 Å². The largest absolute Gasteiger partial charge is 0.302 e. The van der Waals surface area contributed by atoms with Gasteiger partial charge >= 0.3 is 0 Å². The van der Waals surface area contributed by atoms with Gasteiger partial charge in [0.25, 0.3) is 0 Å². The summed E-state index contributed by atoms with van der Waals surface area (Å²) in [5.41, 5.74) is 1.53. The molecule has 7 heteroatoms. The lowest BCUT2D eigenvalue weighted by Gasteiger charge is -2.03. The molecule has 0 unspecified atom stereocenters. The van der Waals surface area contributed by atoms with E-state index in [9.17, 15) is 9.18 Å². The van der Waals surface area contributed by atoms with E-state index < -0.39 is 0 Å². The number of amides is 1. The molecule has 1 amide bonds. The van der Waals surface area contributed by atoms with Crippen LogP contribution >= 0.6 is 34.7 Å². The Hall–Kier alpha value is -1.89. The molecule has 3 rings (SSSR count). The number of nitrogens with zero attached hydrogens (tertiary/aromatic N) is 1. The van der Waals surface area contributed by atoms with Crippen LogP contribution < -0.4 is 5.32 Å². The molecule has 1 N–H and O–H groups in total. The lowest BCUT2D eigenvalue weighted by molar-refractivity contribution is -0.115. The van der Waals surface area contributed by atoms with E-state index >= 15 is 0 Å². The number of halogens is 2. The quantitative estimate of drug-likeness (QED) is 0.545. The fourth-order valence-electron chi connectivity index (χ4n) is 2.06. The van der Waals surface area contributed by atoms with E-state index in [2.05, 4.69) is 10.3 Å². The number of carbonyl (C=O) groups excluding carboxylic acids is 1. The van der Waals surface area contributed by atoms with Crippen molar-refractivity contribution in [1.29, 1.82) is 0 Å². The second-order valence-corrected chi connectivity index (χ2v) is 7.61. The summed E-state index contributed by atoms with van der Waals surface area (Å²) in [6.07, 6.45) is 0.388. The molecule has 2 aromatic carbocycles. The SMILES string of the molecule is O=C(CCSc1ccc(Cl)cc1)Nc1nc(-c2ccc(F)cc2)cs1. The molecule has 3 nitrogen and oxygen atoms in total. The van der Waals surface area contributed by atoms with Gasteiger partial charge in [-0.2, -0.15) is 0 Å². The van der Waals surface area contributed by atoms with Gasteiger partial charge < -0.3 is 5.32 Å². The van der Waals surface area contributed by atoms with Crippen molar-refractivity contribution < 1.29 is 9.18 Å². The van der Waals surface area contributed by atoms with E-state index in [0.717, 1.165) is 16.2 Å². The highest BCUT2D eigenvalue weighted by atomic mass is 35.5. The zero-order valence-electron chi connectivity index (χ0n) is 13.0. The predicted octanol–water partition coefficient (Wildman–Crippen LogP) is 5.72. The van der Waals surface area contributed by atoms with E-state index in [0.29, 0.717) is 22.3 Å². The Bertz CT molecular complexity index is 850. The summed E-state index contributed by atoms with van der Waals surface area (Å²) >= 11 is 8.79. The lowest BCUT2D eigenvalue weighted by atomic mass is 10.2. The normalized spacial score (nSPS) is 10.6. The molecule has 0 aliphatic rings. The number of thiazole rings is 1. The minimum atomic E-state index is -0.286. The monoisotopic (exact) mass is 392 g/mol. The van der Waals surface area contributed by atoms with E-state index in [-0.39, 0.29) is 11.7 Å². The van der Waals surface area contributed by atoms with Gasteiger partial charge in [0.05, 0.1) is 5.69 Å². The molecule has 1 heterocycles. The highest BCUT2D eigenvalue weighted by molar-refractivity contribution is 7.99.